The summed E-state index contributed by atoms with van der Waals surface area (Å²) in [5.74, 6) is 3.33. The fourth-order valence-corrected chi connectivity index (χ4v) is 14.4. The molecule has 7 heterocycles. The Balaban J connectivity index is 0.000000302. The predicted molar refractivity (Wildman–Crippen MR) is 326 cm³/mol. The lowest BCUT2D eigenvalue weighted by Crippen LogP contribution is -2.59. The number of hydrogen-bond donors (Lipinski definition) is 2. The summed E-state index contributed by atoms with van der Waals surface area (Å²) in [7, 11) is 1.73. The van der Waals surface area contributed by atoms with E-state index in [1.807, 2.05) is 13.8 Å². The van der Waals surface area contributed by atoms with Crippen LogP contribution in [0.3, 0.4) is 0 Å². The van der Waals surface area contributed by atoms with Gasteiger partial charge >= 0.3 is 0 Å². The molecular formula is C66H122Cl2O15. The van der Waals surface area contributed by atoms with E-state index in [0.717, 1.165) is 44.9 Å². The maximum Gasteiger partial charge on any atom is 0.161 e. The van der Waals surface area contributed by atoms with Crippen LogP contribution >= 0.6 is 23.2 Å². The normalized spacial score (nSPS) is 50.6. The zero-order valence-electron chi connectivity index (χ0n) is 55.8. The number of methoxy groups -OCH3 is 1. The van der Waals surface area contributed by atoms with Crippen molar-refractivity contribution >= 4 is 23.2 Å². The number of aliphatic hydroxyl groups is 2. The summed E-state index contributed by atoms with van der Waals surface area (Å²) in [6.07, 6.45) is 2.00. The molecule has 0 aliphatic carbocycles. The number of hydrogen-bond acceptors (Lipinski definition) is 15. The van der Waals surface area contributed by atoms with Crippen LogP contribution in [-0.4, -0.2) is 146 Å². The Bertz CT molecular complexity index is 1810. The zero-order valence-corrected chi connectivity index (χ0v) is 57.3. The fraction of sp³-hybridized carbons (Fsp3) is 1.00. The molecule has 0 aromatic rings. The van der Waals surface area contributed by atoms with E-state index >= 15 is 0 Å². The van der Waals surface area contributed by atoms with Crippen LogP contribution < -0.4 is 0 Å². The van der Waals surface area contributed by atoms with Gasteiger partial charge in [-0.05, 0) is 92.3 Å². The van der Waals surface area contributed by atoms with Crippen molar-refractivity contribution in [1.29, 1.82) is 0 Å². The van der Waals surface area contributed by atoms with Crippen molar-refractivity contribution in [3.63, 3.8) is 0 Å². The Morgan fingerprint density at radius 3 is 0.807 bits per heavy atom. The van der Waals surface area contributed by atoms with Gasteiger partial charge in [-0.3, -0.25) is 0 Å². The van der Waals surface area contributed by atoms with E-state index in [2.05, 4.69) is 138 Å². The maximum absolute atomic E-state index is 10.6. The van der Waals surface area contributed by atoms with Crippen LogP contribution in [0, 0.1) is 88.8 Å². The van der Waals surface area contributed by atoms with E-state index in [9.17, 15) is 10.2 Å². The first-order valence-electron chi connectivity index (χ1n) is 33.2. The van der Waals surface area contributed by atoms with Gasteiger partial charge < -0.3 is 71.8 Å². The largest absolute Gasteiger partial charge is 0.390 e. The van der Waals surface area contributed by atoms with Gasteiger partial charge in [-0.2, -0.15) is 0 Å². The molecule has 83 heavy (non-hydrogen) atoms. The molecule has 0 amide bonds. The summed E-state index contributed by atoms with van der Waals surface area (Å²) >= 11 is 9.53. The molecule has 7 saturated heterocycles. The van der Waals surface area contributed by atoms with E-state index in [1.165, 1.54) is 0 Å². The molecule has 15 nitrogen and oxygen atoms in total. The second-order valence-electron chi connectivity index (χ2n) is 26.9. The summed E-state index contributed by atoms with van der Waals surface area (Å²) in [6.45, 7) is 48.1. The van der Waals surface area contributed by atoms with Crippen molar-refractivity contribution in [3.8, 4) is 0 Å². The minimum atomic E-state index is -0.755. The van der Waals surface area contributed by atoms with Gasteiger partial charge in [0.25, 0.3) is 0 Å². The molecule has 7 fully saturated rings. The first-order chi connectivity index (χ1) is 39.3. The summed E-state index contributed by atoms with van der Waals surface area (Å²) < 4.78 is 84.7. The first kappa shape index (κ1) is 73.7. The third-order valence-corrected chi connectivity index (χ3v) is 22.3. The number of ether oxygens (including phenoxy) is 13. The van der Waals surface area contributed by atoms with E-state index in [1.54, 1.807) is 7.11 Å². The molecule has 7 aliphatic heterocycles. The lowest BCUT2D eigenvalue weighted by molar-refractivity contribution is -0.358. The molecule has 7 rings (SSSR count). The van der Waals surface area contributed by atoms with Gasteiger partial charge in [-0.1, -0.05) is 152 Å². The topological polar surface area (TPSA) is 160 Å². The lowest BCUT2D eigenvalue weighted by atomic mass is 9.78. The van der Waals surface area contributed by atoms with Crippen LogP contribution in [0.5, 0.6) is 0 Å². The average molecular weight is 1230 g/mol. The van der Waals surface area contributed by atoms with Gasteiger partial charge in [-0.25, -0.2) is 0 Å². The highest BCUT2D eigenvalue weighted by Gasteiger charge is 2.53. The van der Waals surface area contributed by atoms with Gasteiger partial charge in [0.1, 0.15) is 0 Å². The number of alkyl halides is 2. The van der Waals surface area contributed by atoms with Crippen molar-refractivity contribution in [3.05, 3.63) is 0 Å². The van der Waals surface area contributed by atoms with Crippen molar-refractivity contribution in [2.45, 2.75) is 321 Å². The van der Waals surface area contributed by atoms with Gasteiger partial charge in [0, 0.05) is 48.5 Å². The third kappa shape index (κ3) is 16.9. The Labute approximate surface area is 514 Å². The van der Waals surface area contributed by atoms with E-state index in [4.69, 9.17) is 84.8 Å². The van der Waals surface area contributed by atoms with Crippen LogP contribution in [0.4, 0.5) is 0 Å². The van der Waals surface area contributed by atoms with Crippen LogP contribution in [0.1, 0.15) is 197 Å². The summed E-state index contributed by atoms with van der Waals surface area (Å²) in [4.78, 5) is 0. The van der Waals surface area contributed by atoms with Crippen molar-refractivity contribution in [2.24, 2.45) is 88.8 Å². The monoisotopic (exact) mass is 1220 g/mol. The molecule has 0 aromatic carbocycles. The SMILES string of the molecule is CCC1O[C@@H](O[C@H]2C(C)C(C)[C@H](O[C@@H]3C(CC)OC(O)C(C)[C@H]3C)O[C@H]2CC)C(C)[C@@H](C)[C@@H]1O.CCC1O[C@@H](O[C@H]2C(C)C(C)[C@H](O[C@@H]3C(CC)O[C@@H](O[C@H]4C(C)C(C)C(OC)O[C@H]4CC)C(C)[C@H]3C)O[C@H]2CC)C(C)[C@@H](C)[C@@H]1C.ClCCl. The second-order valence-corrected chi connectivity index (χ2v) is 27.7. The van der Waals surface area contributed by atoms with Crippen LogP contribution in [0.2, 0.25) is 0 Å². The Morgan fingerprint density at radius 1 is 0.277 bits per heavy atom. The Morgan fingerprint density at radius 2 is 0.506 bits per heavy atom. The van der Waals surface area contributed by atoms with Crippen molar-refractivity contribution in [1.82, 2.24) is 0 Å². The van der Waals surface area contributed by atoms with Crippen LogP contribution in [-0.2, 0) is 61.6 Å². The smallest absolute Gasteiger partial charge is 0.161 e. The van der Waals surface area contributed by atoms with E-state index < -0.39 is 12.4 Å². The molecular weight excluding hydrogens is 1100 g/mol. The number of halogens is 2. The number of rotatable bonds is 18. The van der Waals surface area contributed by atoms with Gasteiger partial charge in [0.15, 0.2) is 44.0 Å². The Kier molecular flexibility index (Phi) is 30.1. The standard InChI is InChI=1S/C38H70O8.C27H50O7.CH2Cl2/c1-15-28-20(6)19(5)24(10)36(40-28)44-33-22(8)26(12)38(42-30(33)17-3)46-34-23(9)27(13)37(43-31(34)18-4)45-32-21(7)25(11)35(39-14)41-29(32)16-2;1-10-19-22(28)13(4)17(8)26(31-19)34-24-15(6)18(9)27(32-21(24)12-3)33-23-14(5)16(7)25(29)30-20(23)11-2;2-1-3/h19-38H,15-18H2,1-14H3;13-29H,10-12H2,1-9H3;1H2/t19-,20-,21?,22?,23+,24?,25?,26?,27?,28?,29-,30-,31?,32-,33-,34-,35?,36-,37-,38-;13-,14-,15?,16?,17?,18?,19?,20?,21+,22+,23+,24+,25?,26+,27+;/m01./s1. The second kappa shape index (κ2) is 33.9. The van der Waals surface area contributed by atoms with E-state index in [0.29, 0.717) is 17.8 Å². The van der Waals surface area contributed by atoms with Crippen LogP contribution in [0.25, 0.3) is 0 Å². The molecule has 2 N–H and O–H groups in total. The molecule has 0 bridgehead atoms. The van der Waals surface area contributed by atoms with Crippen molar-refractivity contribution < 1.29 is 71.8 Å². The Hall–Kier alpha value is -0.0200. The van der Waals surface area contributed by atoms with Crippen LogP contribution in [0.15, 0.2) is 0 Å². The summed E-state index contributed by atoms with van der Waals surface area (Å²) in [6, 6.07) is 0. The predicted octanol–water partition coefficient (Wildman–Crippen LogP) is 13.8. The minimum Gasteiger partial charge on any atom is -0.390 e. The molecule has 35 atom stereocenters. The van der Waals surface area contributed by atoms with E-state index in [-0.39, 0.29) is 187 Å². The van der Waals surface area contributed by atoms with Gasteiger partial charge in [0.05, 0.1) is 84.7 Å². The first-order valence-corrected chi connectivity index (χ1v) is 34.2. The molecule has 490 valence electrons. The summed E-state index contributed by atoms with van der Waals surface area (Å²) in [5, 5.41) is 21.0. The quantitative estimate of drug-likeness (QED) is 0.125. The third-order valence-electron chi connectivity index (χ3n) is 22.3. The highest BCUT2D eigenvalue weighted by molar-refractivity contribution is 6.40. The van der Waals surface area contributed by atoms with Gasteiger partial charge in [-0.15, -0.1) is 23.2 Å². The number of aliphatic hydroxyl groups excluding tert-OH is 2. The summed E-state index contributed by atoms with van der Waals surface area (Å²) in [5.41, 5.74) is 0. The minimum absolute atomic E-state index is 0.00374. The molecule has 17 heteroatoms. The highest BCUT2D eigenvalue weighted by atomic mass is 35.5. The highest BCUT2D eigenvalue weighted by Crippen LogP contribution is 2.46. The molecule has 16 unspecified atom stereocenters. The zero-order chi connectivity index (χ0) is 62.1. The molecule has 0 radical (unpaired) electrons. The molecule has 0 aromatic heterocycles. The van der Waals surface area contributed by atoms with Gasteiger partial charge in [0.2, 0.25) is 0 Å². The maximum atomic E-state index is 10.6. The molecule has 0 spiro atoms. The average Bonchev–Trinajstić information content (AvgIpc) is 3.24. The lowest BCUT2D eigenvalue weighted by Gasteiger charge is -2.52. The van der Waals surface area contributed by atoms with Crippen molar-refractivity contribution in [2.75, 3.05) is 12.4 Å². The molecule has 0 saturated carbocycles. The fourth-order valence-electron chi connectivity index (χ4n) is 14.4. The molecule has 7 aliphatic rings.